The normalized spacial score (nSPS) is 12.6. The predicted octanol–water partition coefficient (Wildman–Crippen LogP) is 6.87. The van der Waals surface area contributed by atoms with Crippen LogP contribution < -0.4 is 0 Å². The van der Waals surface area contributed by atoms with Gasteiger partial charge in [0.15, 0.2) is 0 Å². The molecule has 124 valence electrons. The Labute approximate surface area is 143 Å². The number of rotatable bonds is 1. The second-order valence-electron chi connectivity index (χ2n) is 9.07. The third-order valence-corrected chi connectivity index (χ3v) is 4.63. The van der Waals surface area contributed by atoms with Gasteiger partial charge in [0.25, 0.3) is 0 Å². The zero-order valence-electron chi connectivity index (χ0n) is 16.4. The molecule has 0 saturated heterocycles. The molecule has 2 aromatic rings. The van der Waals surface area contributed by atoms with Gasteiger partial charge in [-0.05, 0) is 65.0 Å². The van der Waals surface area contributed by atoms with E-state index in [1.807, 2.05) is 0 Å². The van der Waals surface area contributed by atoms with Crippen molar-refractivity contribution in [2.24, 2.45) is 0 Å². The van der Waals surface area contributed by atoms with Crippen molar-refractivity contribution in [1.82, 2.24) is 0 Å². The van der Waals surface area contributed by atoms with E-state index in [4.69, 9.17) is 0 Å². The lowest BCUT2D eigenvalue weighted by molar-refractivity contribution is 0.569. The van der Waals surface area contributed by atoms with Gasteiger partial charge in [0.1, 0.15) is 0 Å². The lowest BCUT2D eigenvalue weighted by Crippen LogP contribution is -2.16. The first-order valence-electron chi connectivity index (χ1n) is 8.64. The van der Waals surface area contributed by atoms with Gasteiger partial charge in [-0.25, -0.2) is 0 Å². The van der Waals surface area contributed by atoms with Crippen LogP contribution in [0.4, 0.5) is 0 Å². The number of hydrogen-bond donors (Lipinski definition) is 0. The smallest absolute Gasteiger partial charge is 0.0125 e. The highest BCUT2D eigenvalue weighted by Gasteiger charge is 2.21. The minimum atomic E-state index is 0.155. The fourth-order valence-electron chi connectivity index (χ4n) is 3.27. The molecule has 2 rings (SSSR count). The molecule has 23 heavy (non-hydrogen) atoms. The average Bonchev–Trinajstić information content (AvgIpc) is 2.35. The van der Waals surface area contributed by atoms with Crippen LogP contribution in [-0.2, 0) is 10.8 Å². The quantitative estimate of drug-likeness (QED) is 0.539. The summed E-state index contributed by atoms with van der Waals surface area (Å²) in [5.41, 5.74) is 9.97. The van der Waals surface area contributed by atoms with Crippen LogP contribution in [0.1, 0.15) is 69.4 Å². The van der Waals surface area contributed by atoms with Gasteiger partial charge in [0.2, 0.25) is 0 Å². The molecule has 0 unspecified atom stereocenters. The van der Waals surface area contributed by atoms with Gasteiger partial charge in [0, 0.05) is 0 Å². The van der Waals surface area contributed by atoms with Gasteiger partial charge < -0.3 is 0 Å². The monoisotopic (exact) mass is 308 g/mol. The second-order valence-corrected chi connectivity index (χ2v) is 9.07. The molecule has 0 bridgehead atoms. The van der Waals surface area contributed by atoms with Gasteiger partial charge >= 0.3 is 0 Å². The SMILES string of the molecule is Cc1cc(C)c(-c2cc(C(C)(C)C)cc(C(C)(C)C)c2)c(C)c1. The van der Waals surface area contributed by atoms with Crippen molar-refractivity contribution < 1.29 is 0 Å². The summed E-state index contributed by atoms with van der Waals surface area (Å²) in [7, 11) is 0. The lowest BCUT2D eigenvalue weighted by Gasteiger charge is -2.27. The van der Waals surface area contributed by atoms with E-state index in [2.05, 4.69) is 92.6 Å². The molecular weight excluding hydrogens is 276 g/mol. The van der Waals surface area contributed by atoms with E-state index in [1.165, 1.54) is 38.9 Å². The summed E-state index contributed by atoms with van der Waals surface area (Å²) in [6.45, 7) is 20.4. The molecule has 0 N–H and O–H groups in total. The van der Waals surface area contributed by atoms with Crippen molar-refractivity contribution in [1.29, 1.82) is 0 Å². The summed E-state index contributed by atoms with van der Waals surface area (Å²) in [5, 5.41) is 0. The highest BCUT2D eigenvalue weighted by molar-refractivity contribution is 5.73. The van der Waals surface area contributed by atoms with Crippen molar-refractivity contribution in [3.05, 3.63) is 58.1 Å². The van der Waals surface area contributed by atoms with E-state index in [0.717, 1.165) is 0 Å². The minimum absolute atomic E-state index is 0.155. The van der Waals surface area contributed by atoms with Crippen molar-refractivity contribution in [2.45, 2.75) is 73.1 Å². The first-order valence-corrected chi connectivity index (χ1v) is 8.64. The topological polar surface area (TPSA) is 0 Å². The maximum atomic E-state index is 2.39. The second kappa shape index (κ2) is 5.82. The van der Waals surface area contributed by atoms with E-state index in [1.54, 1.807) is 0 Å². The summed E-state index contributed by atoms with van der Waals surface area (Å²) >= 11 is 0. The van der Waals surface area contributed by atoms with Crippen molar-refractivity contribution in [3.63, 3.8) is 0 Å². The number of benzene rings is 2. The summed E-state index contributed by atoms with van der Waals surface area (Å²) in [4.78, 5) is 0. The van der Waals surface area contributed by atoms with Crippen LogP contribution in [-0.4, -0.2) is 0 Å². The predicted molar refractivity (Wildman–Crippen MR) is 103 cm³/mol. The Morgan fingerprint density at radius 2 is 0.957 bits per heavy atom. The molecule has 0 fully saturated rings. The van der Waals surface area contributed by atoms with E-state index in [-0.39, 0.29) is 10.8 Å². The van der Waals surface area contributed by atoms with Gasteiger partial charge in [-0.1, -0.05) is 77.4 Å². The summed E-state index contributed by atoms with van der Waals surface area (Å²) in [6, 6.07) is 11.8. The molecular formula is C23H32. The van der Waals surface area contributed by atoms with E-state index < -0.39 is 0 Å². The Bertz CT molecular complexity index is 663. The average molecular weight is 309 g/mol. The highest BCUT2D eigenvalue weighted by Crippen LogP contribution is 2.36. The van der Waals surface area contributed by atoms with Crippen molar-refractivity contribution in [3.8, 4) is 11.1 Å². The maximum absolute atomic E-state index is 2.39. The maximum Gasteiger partial charge on any atom is -0.0125 e. The van der Waals surface area contributed by atoms with Crippen LogP contribution in [0.5, 0.6) is 0 Å². The summed E-state index contributed by atoms with van der Waals surface area (Å²) < 4.78 is 0. The molecule has 0 aliphatic heterocycles. The van der Waals surface area contributed by atoms with E-state index in [9.17, 15) is 0 Å². The molecule has 0 heterocycles. The first-order chi connectivity index (χ1) is 10.4. The Kier molecular flexibility index (Phi) is 4.50. The molecule has 0 saturated carbocycles. The standard InChI is InChI=1S/C23H32/c1-15-10-16(2)21(17(3)11-15)18-12-19(22(4,5)6)14-20(13-18)23(7,8)9/h10-14H,1-9H3. The van der Waals surface area contributed by atoms with Crippen LogP contribution in [0, 0.1) is 20.8 Å². The van der Waals surface area contributed by atoms with Crippen LogP contribution in [0.25, 0.3) is 11.1 Å². The van der Waals surface area contributed by atoms with Crippen molar-refractivity contribution >= 4 is 0 Å². The fourth-order valence-corrected chi connectivity index (χ4v) is 3.27. The summed E-state index contributed by atoms with van der Waals surface area (Å²) in [6.07, 6.45) is 0. The Hall–Kier alpha value is -1.56. The van der Waals surface area contributed by atoms with E-state index in [0.29, 0.717) is 0 Å². The molecule has 0 radical (unpaired) electrons. The van der Waals surface area contributed by atoms with Crippen LogP contribution >= 0.6 is 0 Å². The molecule has 0 atom stereocenters. The van der Waals surface area contributed by atoms with Gasteiger partial charge in [-0.3, -0.25) is 0 Å². The molecule has 0 amide bonds. The molecule has 0 aliphatic carbocycles. The third kappa shape index (κ3) is 3.86. The van der Waals surface area contributed by atoms with Gasteiger partial charge in [-0.15, -0.1) is 0 Å². The van der Waals surface area contributed by atoms with Crippen molar-refractivity contribution in [2.75, 3.05) is 0 Å². The molecule has 0 spiro atoms. The lowest BCUT2D eigenvalue weighted by atomic mass is 9.78. The summed E-state index contributed by atoms with van der Waals surface area (Å²) in [5.74, 6) is 0. The highest BCUT2D eigenvalue weighted by atomic mass is 14.3. The zero-order chi connectivity index (χ0) is 17.6. The Morgan fingerprint density at radius 3 is 1.30 bits per heavy atom. The number of hydrogen-bond acceptors (Lipinski definition) is 0. The zero-order valence-corrected chi connectivity index (χ0v) is 16.4. The minimum Gasteiger partial charge on any atom is -0.0561 e. The first kappa shape index (κ1) is 17.8. The third-order valence-electron chi connectivity index (χ3n) is 4.63. The van der Waals surface area contributed by atoms with Crippen LogP contribution in [0.2, 0.25) is 0 Å². The molecule has 0 nitrogen and oxygen atoms in total. The van der Waals surface area contributed by atoms with Gasteiger partial charge in [-0.2, -0.15) is 0 Å². The van der Waals surface area contributed by atoms with Gasteiger partial charge in [0.05, 0.1) is 0 Å². The largest absolute Gasteiger partial charge is 0.0561 e. The number of aryl methyl sites for hydroxylation is 3. The fraction of sp³-hybridized carbons (Fsp3) is 0.478. The molecule has 0 aliphatic rings. The van der Waals surface area contributed by atoms with Crippen LogP contribution in [0.15, 0.2) is 30.3 Å². The molecule has 0 aromatic heterocycles. The Balaban J connectivity index is 2.78. The van der Waals surface area contributed by atoms with Crippen LogP contribution in [0.3, 0.4) is 0 Å². The molecule has 2 aromatic carbocycles. The van der Waals surface area contributed by atoms with E-state index >= 15 is 0 Å². The molecule has 0 heteroatoms. The Morgan fingerprint density at radius 1 is 0.565 bits per heavy atom.